The molecule has 1 heterocycles. The van der Waals surface area contributed by atoms with Crippen LogP contribution in [-0.2, 0) is 9.47 Å². The zero-order valence-electron chi connectivity index (χ0n) is 23.4. The van der Waals surface area contributed by atoms with Crippen molar-refractivity contribution in [3.8, 4) is 0 Å². The molecule has 3 nitrogen and oxygen atoms in total. The molecule has 0 aromatic carbocycles. The second kappa shape index (κ2) is 7.04. The average molecular weight is 473 g/mol. The standard InChI is InChI=1S/C31H52O3/c1-26(2)22-17-25-31(34-25)18-28(5)14-11-19-27(3,4)24(33-8)13-16-29(19,6)20(28)9-10-21(31)30(22,7)15-12-23(26)32/h19-25,32H,9-18H2,1-8H3/t19?,20?,21-,22+,23-,24?,25-,28+,29+,30-,31+/m1/s1. The van der Waals surface area contributed by atoms with Crippen LogP contribution in [0.1, 0.15) is 113 Å². The Kier molecular flexibility index (Phi) is 5.02. The first-order valence-electron chi connectivity index (χ1n) is 14.6. The van der Waals surface area contributed by atoms with Gasteiger partial charge in [0, 0.05) is 7.11 Å². The number of aliphatic hydroxyl groups is 1. The maximum Gasteiger partial charge on any atom is 0.0987 e. The van der Waals surface area contributed by atoms with Crippen LogP contribution in [0.4, 0.5) is 0 Å². The van der Waals surface area contributed by atoms with Crippen molar-refractivity contribution in [3.63, 3.8) is 0 Å². The number of fused-ring (bicyclic) bond motifs is 5. The van der Waals surface area contributed by atoms with Gasteiger partial charge < -0.3 is 14.6 Å². The van der Waals surface area contributed by atoms with Crippen molar-refractivity contribution in [3.05, 3.63) is 0 Å². The van der Waals surface area contributed by atoms with Crippen LogP contribution in [0, 0.1) is 50.7 Å². The predicted molar refractivity (Wildman–Crippen MR) is 136 cm³/mol. The van der Waals surface area contributed by atoms with E-state index < -0.39 is 0 Å². The largest absolute Gasteiger partial charge is 0.393 e. The van der Waals surface area contributed by atoms with Crippen LogP contribution >= 0.6 is 0 Å². The first-order chi connectivity index (χ1) is 15.8. The molecule has 194 valence electrons. The monoisotopic (exact) mass is 472 g/mol. The molecule has 34 heavy (non-hydrogen) atoms. The highest BCUT2D eigenvalue weighted by atomic mass is 16.6. The van der Waals surface area contributed by atoms with Gasteiger partial charge >= 0.3 is 0 Å². The van der Waals surface area contributed by atoms with Gasteiger partial charge in [0.05, 0.1) is 23.9 Å². The lowest BCUT2D eigenvalue weighted by Gasteiger charge is -2.64. The van der Waals surface area contributed by atoms with E-state index in [2.05, 4.69) is 48.5 Å². The van der Waals surface area contributed by atoms with Crippen LogP contribution in [0.5, 0.6) is 0 Å². The van der Waals surface area contributed by atoms with Gasteiger partial charge in [0.25, 0.3) is 0 Å². The summed E-state index contributed by atoms with van der Waals surface area (Å²) in [5.41, 5.74) is 1.45. The smallest absolute Gasteiger partial charge is 0.0987 e. The molecule has 0 aromatic heterocycles. The van der Waals surface area contributed by atoms with Crippen molar-refractivity contribution >= 4 is 0 Å². The van der Waals surface area contributed by atoms with E-state index in [0.717, 1.165) is 18.3 Å². The highest BCUT2D eigenvalue weighted by Crippen LogP contribution is 2.76. The van der Waals surface area contributed by atoms with E-state index in [9.17, 15) is 5.11 Å². The van der Waals surface area contributed by atoms with Gasteiger partial charge in [-0.25, -0.2) is 0 Å². The lowest BCUT2D eigenvalue weighted by Crippen LogP contribution is -2.60. The summed E-state index contributed by atoms with van der Waals surface area (Å²) in [6.07, 6.45) is 13.2. The lowest BCUT2D eigenvalue weighted by atomic mass is 9.41. The molecule has 0 aromatic rings. The van der Waals surface area contributed by atoms with Crippen LogP contribution in [0.3, 0.4) is 0 Å². The predicted octanol–water partition coefficient (Wildman–Crippen LogP) is 7.01. The second-order valence-corrected chi connectivity index (χ2v) is 15.9. The SMILES string of the molecule is COC1CC[C@@]2(C)C(CC[C@@]3(C)C[C@@]45O[C@@H]4C[C@H]4C(C)(C)[C@H](O)CC[C@]4(C)[C@H]5CCC32)C1(C)C. The molecule has 11 atom stereocenters. The first-order valence-corrected chi connectivity index (χ1v) is 14.6. The lowest BCUT2D eigenvalue weighted by molar-refractivity contribution is -0.180. The molecule has 0 amide bonds. The minimum absolute atomic E-state index is 0.00624. The van der Waals surface area contributed by atoms with Crippen LogP contribution in [0.2, 0.25) is 0 Å². The number of ether oxygens (including phenoxy) is 2. The maximum atomic E-state index is 11.0. The Labute approximate surface area is 209 Å². The first kappa shape index (κ1) is 24.2. The molecular formula is C31H52O3. The highest BCUT2D eigenvalue weighted by Gasteiger charge is 2.76. The fourth-order valence-electron chi connectivity index (χ4n) is 12.4. The number of hydrogen-bond donors (Lipinski definition) is 1. The molecule has 0 radical (unpaired) electrons. The third-order valence-electron chi connectivity index (χ3n) is 14.0. The summed E-state index contributed by atoms with van der Waals surface area (Å²) in [5.74, 6) is 2.76. The Morgan fingerprint density at radius 2 is 1.35 bits per heavy atom. The molecule has 5 saturated carbocycles. The molecule has 3 heteroatoms. The summed E-state index contributed by atoms with van der Waals surface area (Å²) >= 11 is 0. The summed E-state index contributed by atoms with van der Waals surface area (Å²) < 4.78 is 12.9. The van der Waals surface area contributed by atoms with Crippen molar-refractivity contribution in [2.75, 3.05) is 7.11 Å². The number of epoxide rings is 1. The summed E-state index contributed by atoms with van der Waals surface area (Å²) in [5, 5.41) is 11.0. The molecule has 1 N–H and O–H groups in total. The summed E-state index contributed by atoms with van der Waals surface area (Å²) in [4.78, 5) is 0. The van der Waals surface area contributed by atoms with Crippen LogP contribution in [0.25, 0.3) is 0 Å². The van der Waals surface area contributed by atoms with Gasteiger partial charge in [-0.2, -0.15) is 0 Å². The Balaban J connectivity index is 1.36. The molecule has 6 aliphatic rings. The highest BCUT2D eigenvalue weighted by molar-refractivity contribution is 5.24. The number of hydrogen-bond acceptors (Lipinski definition) is 3. The third-order valence-corrected chi connectivity index (χ3v) is 14.0. The van der Waals surface area contributed by atoms with Crippen molar-refractivity contribution in [2.24, 2.45) is 50.7 Å². The number of methoxy groups -OCH3 is 1. The van der Waals surface area contributed by atoms with Gasteiger partial charge in [0.2, 0.25) is 0 Å². The molecule has 6 rings (SSSR count). The molecular weight excluding hydrogens is 420 g/mol. The minimum atomic E-state index is -0.166. The van der Waals surface area contributed by atoms with Crippen molar-refractivity contribution in [2.45, 2.75) is 137 Å². The molecule has 6 fully saturated rings. The quantitative estimate of drug-likeness (QED) is 0.418. The van der Waals surface area contributed by atoms with Crippen molar-refractivity contribution in [1.82, 2.24) is 0 Å². The number of rotatable bonds is 1. The fourth-order valence-corrected chi connectivity index (χ4v) is 12.4. The van der Waals surface area contributed by atoms with E-state index in [1.165, 1.54) is 57.8 Å². The van der Waals surface area contributed by atoms with Gasteiger partial charge in [-0.05, 0) is 115 Å². The summed E-state index contributed by atoms with van der Waals surface area (Å²) in [6.45, 7) is 17.6. The fraction of sp³-hybridized carbons (Fsp3) is 1.00. The van der Waals surface area contributed by atoms with Gasteiger partial charge in [-0.3, -0.25) is 0 Å². The Hall–Kier alpha value is -0.120. The second-order valence-electron chi connectivity index (χ2n) is 15.9. The molecule has 1 saturated heterocycles. The molecule has 1 spiro atoms. The van der Waals surface area contributed by atoms with E-state index in [-0.39, 0.29) is 22.5 Å². The van der Waals surface area contributed by atoms with Crippen LogP contribution < -0.4 is 0 Å². The zero-order chi connectivity index (χ0) is 24.5. The van der Waals surface area contributed by atoms with E-state index in [4.69, 9.17) is 9.47 Å². The van der Waals surface area contributed by atoms with Gasteiger partial charge in [0.1, 0.15) is 0 Å². The molecule has 5 aliphatic carbocycles. The van der Waals surface area contributed by atoms with Gasteiger partial charge in [-0.1, -0.05) is 48.5 Å². The van der Waals surface area contributed by atoms with Crippen LogP contribution in [-0.4, -0.2) is 36.1 Å². The topological polar surface area (TPSA) is 42.0 Å². The Morgan fingerprint density at radius 1 is 0.706 bits per heavy atom. The Bertz CT molecular complexity index is 850. The molecule has 3 unspecified atom stereocenters. The van der Waals surface area contributed by atoms with E-state index in [0.29, 0.717) is 40.3 Å². The van der Waals surface area contributed by atoms with Crippen molar-refractivity contribution in [1.29, 1.82) is 0 Å². The van der Waals surface area contributed by atoms with E-state index in [1.54, 1.807) is 0 Å². The van der Waals surface area contributed by atoms with E-state index in [1.807, 2.05) is 7.11 Å². The van der Waals surface area contributed by atoms with Gasteiger partial charge in [-0.15, -0.1) is 0 Å². The van der Waals surface area contributed by atoms with Gasteiger partial charge in [0.15, 0.2) is 0 Å². The van der Waals surface area contributed by atoms with Crippen molar-refractivity contribution < 1.29 is 14.6 Å². The molecule has 1 aliphatic heterocycles. The third kappa shape index (κ3) is 2.82. The average Bonchev–Trinajstić information content (AvgIpc) is 3.46. The number of aliphatic hydroxyl groups excluding tert-OH is 1. The maximum absolute atomic E-state index is 11.0. The normalized spacial score (nSPS) is 59.4. The van der Waals surface area contributed by atoms with E-state index >= 15 is 0 Å². The molecule has 0 bridgehead atoms. The Morgan fingerprint density at radius 3 is 2.06 bits per heavy atom. The summed E-state index contributed by atoms with van der Waals surface area (Å²) in [7, 11) is 1.93. The van der Waals surface area contributed by atoms with Crippen LogP contribution in [0.15, 0.2) is 0 Å². The summed E-state index contributed by atoms with van der Waals surface area (Å²) in [6, 6.07) is 0. The zero-order valence-corrected chi connectivity index (χ0v) is 23.4. The minimum Gasteiger partial charge on any atom is -0.393 e.